The summed E-state index contributed by atoms with van der Waals surface area (Å²) in [7, 11) is 1.48. The van der Waals surface area contributed by atoms with Gasteiger partial charge in [-0.15, -0.1) is 0 Å². The van der Waals surface area contributed by atoms with Crippen molar-refractivity contribution in [2.24, 2.45) is 0 Å². The van der Waals surface area contributed by atoms with Gasteiger partial charge in [-0.05, 0) is 18.2 Å². The number of halogens is 1. The number of ketones is 1. The predicted molar refractivity (Wildman–Crippen MR) is 68.5 cm³/mol. The highest BCUT2D eigenvalue weighted by Crippen LogP contribution is 2.38. The Morgan fingerprint density at radius 3 is 2.83 bits per heavy atom. The summed E-state index contributed by atoms with van der Waals surface area (Å²) in [5.74, 6) is -0.154. The van der Waals surface area contributed by atoms with E-state index in [0.717, 1.165) is 11.3 Å². The molecule has 1 heterocycles. The van der Waals surface area contributed by atoms with Crippen LogP contribution in [0.1, 0.15) is 17.4 Å². The second-order valence-electron chi connectivity index (χ2n) is 3.63. The van der Waals surface area contributed by atoms with Gasteiger partial charge in [-0.1, -0.05) is 11.3 Å². The Labute approximate surface area is 107 Å². The van der Waals surface area contributed by atoms with E-state index in [-0.39, 0.29) is 16.6 Å². The van der Waals surface area contributed by atoms with Gasteiger partial charge in [0.05, 0.1) is 12.0 Å². The van der Waals surface area contributed by atoms with Crippen LogP contribution in [0.3, 0.4) is 0 Å². The zero-order valence-electron chi connectivity index (χ0n) is 9.86. The zero-order chi connectivity index (χ0) is 13.3. The monoisotopic (exact) mass is 266 g/mol. The Hall–Kier alpha value is -1.95. The molecule has 0 spiro atoms. The topological polar surface area (TPSA) is 65.2 Å². The number of thiazole rings is 1. The van der Waals surface area contributed by atoms with Crippen molar-refractivity contribution in [1.82, 2.24) is 4.98 Å². The van der Waals surface area contributed by atoms with Crippen molar-refractivity contribution in [3.05, 3.63) is 29.7 Å². The largest absolute Gasteiger partial charge is 0.496 e. The number of hydrogen-bond donors (Lipinski definition) is 1. The molecule has 0 amide bonds. The van der Waals surface area contributed by atoms with Crippen molar-refractivity contribution in [2.45, 2.75) is 6.92 Å². The molecule has 4 nitrogen and oxygen atoms in total. The minimum absolute atomic E-state index is 0.218. The molecule has 18 heavy (non-hydrogen) atoms. The van der Waals surface area contributed by atoms with Crippen LogP contribution in [0.2, 0.25) is 0 Å². The quantitative estimate of drug-likeness (QED) is 0.867. The number of Topliss-reactive ketones (excluding diaryl/α,β-unsaturated/α-hetero) is 1. The first-order valence-corrected chi connectivity index (χ1v) is 5.95. The molecule has 0 saturated carbocycles. The molecule has 0 aliphatic heterocycles. The molecule has 94 valence electrons. The lowest BCUT2D eigenvalue weighted by molar-refractivity contribution is 0.101. The highest BCUT2D eigenvalue weighted by Gasteiger charge is 2.19. The Balaban J connectivity index is 2.68. The van der Waals surface area contributed by atoms with Gasteiger partial charge in [0.15, 0.2) is 10.9 Å². The van der Waals surface area contributed by atoms with Gasteiger partial charge in [0, 0.05) is 12.5 Å². The molecule has 0 bridgehead atoms. The fraction of sp³-hybridized carbons (Fsp3) is 0.167. The van der Waals surface area contributed by atoms with Crippen LogP contribution in [-0.4, -0.2) is 17.9 Å². The fourth-order valence-corrected chi connectivity index (χ4v) is 2.52. The second-order valence-corrected chi connectivity index (χ2v) is 4.66. The minimum atomic E-state index is -0.410. The lowest BCUT2D eigenvalue weighted by Crippen LogP contribution is -1.97. The van der Waals surface area contributed by atoms with Crippen LogP contribution in [0.15, 0.2) is 18.2 Å². The third kappa shape index (κ3) is 2.19. The highest BCUT2D eigenvalue weighted by molar-refractivity contribution is 7.19. The number of rotatable bonds is 3. The van der Waals surface area contributed by atoms with E-state index in [0.29, 0.717) is 16.2 Å². The third-order valence-electron chi connectivity index (χ3n) is 2.38. The average Bonchev–Trinajstić information content (AvgIpc) is 2.71. The SMILES string of the molecule is COc1ccc(F)cc1-c1sc(N)nc1C(C)=O. The Kier molecular flexibility index (Phi) is 3.29. The molecule has 2 aromatic rings. The number of nitrogens with zero attached hydrogens (tertiary/aromatic N) is 1. The van der Waals surface area contributed by atoms with E-state index >= 15 is 0 Å². The van der Waals surface area contributed by atoms with E-state index in [1.165, 1.54) is 32.2 Å². The van der Waals surface area contributed by atoms with E-state index in [2.05, 4.69) is 4.98 Å². The molecule has 0 atom stereocenters. The number of anilines is 1. The van der Waals surface area contributed by atoms with E-state index in [1.54, 1.807) is 0 Å². The molecule has 6 heteroatoms. The number of carbonyl (C=O) groups is 1. The molecule has 0 fully saturated rings. The maximum absolute atomic E-state index is 13.3. The molecular formula is C12H11FN2O2S. The number of benzene rings is 1. The van der Waals surface area contributed by atoms with Gasteiger partial charge in [-0.2, -0.15) is 0 Å². The maximum atomic E-state index is 13.3. The summed E-state index contributed by atoms with van der Waals surface area (Å²) in [4.78, 5) is 16.0. The van der Waals surface area contributed by atoms with Crippen LogP contribution in [0.25, 0.3) is 10.4 Å². The van der Waals surface area contributed by atoms with E-state index < -0.39 is 5.82 Å². The average molecular weight is 266 g/mol. The van der Waals surface area contributed by atoms with Gasteiger partial charge in [-0.3, -0.25) is 4.79 Å². The van der Waals surface area contributed by atoms with Crippen LogP contribution in [0, 0.1) is 5.82 Å². The number of carbonyl (C=O) groups excluding carboxylic acids is 1. The van der Waals surface area contributed by atoms with Crippen molar-refractivity contribution in [2.75, 3.05) is 12.8 Å². The van der Waals surface area contributed by atoms with Crippen LogP contribution in [0.4, 0.5) is 9.52 Å². The molecule has 0 radical (unpaired) electrons. The van der Waals surface area contributed by atoms with Gasteiger partial charge >= 0.3 is 0 Å². The molecule has 0 saturated heterocycles. The molecule has 0 aliphatic rings. The smallest absolute Gasteiger partial charge is 0.181 e. The predicted octanol–water partition coefficient (Wildman–Crippen LogP) is 2.74. The van der Waals surface area contributed by atoms with E-state index in [4.69, 9.17) is 10.5 Å². The lowest BCUT2D eigenvalue weighted by Gasteiger charge is -2.07. The summed E-state index contributed by atoms with van der Waals surface area (Å²) in [6, 6.07) is 4.10. The standard InChI is InChI=1S/C12H11FN2O2S/c1-6(16)10-11(18-12(14)15-10)8-5-7(13)3-4-9(8)17-2/h3-5H,1-2H3,(H2,14,15). The molecule has 0 aliphatic carbocycles. The van der Waals surface area contributed by atoms with Gasteiger partial charge in [-0.25, -0.2) is 9.37 Å². The Morgan fingerprint density at radius 1 is 1.50 bits per heavy atom. The van der Waals surface area contributed by atoms with Crippen molar-refractivity contribution in [3.8, 4) is 16.2 Å². The minimum Gasteiger partial charge on any atom is -0.496 e. The van der Waals surface area contributed by atoms with Crippen LogP contribution < -0.4 is 10.5 Å². The molecule has 2 N–H and O–H groups in total. The van der Waals surface area contributed by atoms with E-state index in [1.807, 2.05) is 0 Å². The number of aromatic nitrogens is 1. The number of nitrogen functional groups attached to an aromatic ring is 1. The summed E-state index contributed by atoms with van der Waals surface area (Å²) in [6.45, 7) is 1.39. The van der Waals surface area contributed by atoms with E-state index in [9.17, 15) is 9.18 Å². The molecule has 1 aromatic heterocycles. The van der Waals surface area contributed by atoms with Crippen LogP contribution >= 0.6 is 11.3 Å². The first-order chi connectivity index (χ1) is 8.52. The molecular weight excluding hydrogens is 255 g/mol. The summed E-state index contributed by atoms with van der Waals surface area (Å²) in [5.41, 5.74) is 6.33. The fourth-order valence-electron chi connectivity index (χ4n) is 1.62. The summed E-state index contributed by atoms with van der Waals surface area (Å²) < 4.78 is 18.5. The summed E-state index contributed by atoms with van der Waals surface area (Å²) in [5, 5.41) is 0.265. The first-order valence-electron chi connectivity index (χ1n) is 5.14. The molecule has 1 aromatic carbocycles. The molecule has 2 rings (SSSR count). The number of hydrogen-bond acceptors (Lipinski definition) is 5. The summed E-state index contributed by atoms with van der Waals surface area (Å²) >= 11 is 1.13. The first kappa shape index (κ1) is 12.5. The third-order valence-corrected chi connectivity index (χ3v) is 3.30. The lowest BCUT2D eigenvalue weighted by atomic mass is 10.1. The van der Waals surface area contributed by atoms with Gasteiger partial charge in [0.1, 0.15) is 17.3 Å². The zero-order valence-corrected chi connectivity index (χ0v) is 10.7. The number of ether oxygens (including phenoxy) is 1. The Morgan fingerprint density at radius 2 is 2.22 bits per heavy atom. The number of nitrogens with two attached hydrogens (primary N) is 1. The Bertz CT molecular complexity index is 610. The summed E-state index contributed by atoms with van der Waals surface area (Å²) in [6.07, 6.45) is 0. The second kappa shape index (κ2) is 4.73. The number of methoxy groups -OCH3 is 1. The highest BCUT2D eigenvalue weighted by atomic mass is 32.1. The van der Waals surface area contributed by atoms with Gasteiger partial charge in [0.25, 0.3) is 0 Å². The van der Waals surface area contributed by atoms with Crippen molar-refractivity contribution in [3.63, 3.8) is 0 Å². The van der Waals surface area contributed by atoms with Crippen molar-refractivity contribution in [1.29, 1.82) is 0 Å². The normalized spacial score (nSPS) is 10.4. The van der Waals surface area contributed by atoms with Crippen molar-refractivity contribution >= 4 is 22.3 Å². The van der Waals surface area contributed by atoms with Gasteiger partial charge in [0.2, 0.25) is 0 Å². The van der Waals surface area contributed by atoms with Gasteiger partial charge < -0.3 is 10.5 Å². The molecule has 0 unspecified atom stereocenters. The van der Waals surface area contributed by atoms with Crippen molar-refractivity contribution < 1.29 is 13.9 Å². The maximum Gasteiger partial charge on any atom is 0.181 e. The van der Waals surface area contributed by atoms with Crippen LogP contribution in [-0.2, 0) is 0 Å². The van der Waals surface area contributed by atoms with Crippen LogP contribution in [0.5, 0.6) is 5.75 Å².